The van der Waals surface area contributed by atoms with Crippen LogP contribution in [-0.2, 0) is 0 Å². The molecule has 0 spiro atoms. The number of halogens is 1. The Kier molecular flexibility index (Phi) is 3.85. The first kappa shape index (κ1) is 13.3. The molecule has 1 aliphatic rings. The van der Waals surface area contributed by atoms with Crippen molar-refractivity contribution in [3.05, 3.63) is 26.9 Å². The van der Waals surface area contributed by atoms with Crippen molar-refractivity contribution in [1.29, 1.82) is 0 Å². The molecule has 0 N–H and O–H groups in total. The van der Waals surface area contributed by atoms with Crippen LogP contribution in [0.5, 0.6) is 0 Å². The van der Waals surface area contributed by atoms with Crippen molar-refractivity contribution >= 4 is 27.4 Å². The number of aromatic nitrogens is 1. The van der Waals surface area contributed by atoms with Gasteiger partial charge in [0.1, 0.15) is 0 Å². The molecule has 2 rings (SSSR count). The first-order valence-corrected chi connectivity index (χ1v) is 6.85. The Morgan fingerprint density at radius 3 is 2.89 bits per heavy atom. The van der Waals surface area contributed by atoms with Gasteiger partial charge in [0.15, 0.2) is 0 Å². The van der Waals surface area contributed by atoms with E-state index >= 15 is 0 Å². The molecule has 0 aromatic carbocycles. The molecule has 6 heteroatoms. The van der Waals surface area contributed by atoms with E-state index in [9.17, 15) is 10.1 Å². The lowest BCUT2D eigenvalue weighted by molar-refractivity contribution is -0.384. The third-order valence-electron chi connectivity index (χ3n) is 3.40. The summed E-state index contributed by atoms with van der Waals surface area (Å²) in [5.41, 5.74) is 0.0744. The third-order valence-corrected chi connectivity index (χ3v) is 3.83. The van der Waals surface area contributed by atoms with E-state index in [0.717, 1.165) is 13.0 Å². The molecule has 2 atom stereocenters. The average molecular weight is 314 g/mol. The summed E-state index contributed by atoms with van der Waals surface area (Å²) in [7, 11) is 0. The minimum atomic E-state index is -0.362. The van der Waals surface area contributed by atoms with Gasteiger partial charge in [-0.2, -0.15) is 0 Å². The Morgan fingerprint density at radius 2 is 2.22 bits per heavy atom. The lowest BCUT2D eigenvalue weighted by Crippen LogP contribution is -2.41. The van der Waals surface area contributed by atoms with E-state index in [-0.39, 0.29) is 10.6 Å². The van der Waals surface area contributed by atoms with Gasteiger partial charge in [0, 0.05) is 29.3 Å². The summed E-state index contributed by atoms with van der Waals surface area (Å²) in [5.74, 6) is 1.04. The molecule has 2 heterocycles. The van der Waals surface area contributed by atoms with Gasteiger partial charge in [-0.15, -0.1) is 0 Å². The summed E-state index contributed by atoms with van der Waals surface area (Å²) in [6, 6.07) is 1.82. The number of nitrogens with zero attached hydrogens (tertiary/aromatic N) is 3. The largest absolute Gasteiger partial charge is 0.348 e. The summed E-state index contributed by atoms with van der Waals surface area (Å²) in [6.07, 6.45) is 3.84. The topological polar surface area (TPSA) is 59.3 Å². The first-order chi connectivity index (χ1) is 8.49. The normalized spacial score (nSPS) is 24.1. The Labute approximate surface area is 114 Å². The lowest BCUT2D eigenvalue weighted by Gasteiger charge is -2.37. The van der Waals surface area contributed by atoms with Crippen LogP contribution in [-0.4, -0.2) is 22.5 Å². The van der Waals surface area contributed by atoms with Crippen LogP contribution in [0.25, 0.3) is 0 Å². The fourth-order valence-corrected chi connectivity index (χ4v) is 2.68. The van der Waals surface area contributed by atoms with Crippen LogP contribution in [0.1, 0.15) is 26.7 Å². The minimum Gasteiger partial charge on any atom is -0.348 e. The highest BCUT2D eigenvalue weighted by Gasteiger charge is 2.29. The van der Waals surface area contributed by atoms with Gasteiger partial charge in [0.2, 0.25) is 5.82 Å². The molecule has 1 aliphatic heterocycles. The quantitative estimate of drug-likeness (QED) is 0.620. The summed E-state index contributed by atoms with van der Waals surface area (Å²) in [5, 5.41) is 11.1. The lowest BCUT2D eigenvalue weighted by atomic mass is 9.95. The molecule has 0 radical (unpaired) electrons. The summed E-state index contributed by atoms with van der Waals surface area (Å²) >= 11 is 3.23. The molecule has 0 aliphatic carbocycles. The van der Waals surface area contributed by atoms with E-state index in [1.165, 1.54) is 12.5 Å². The summed E-state index contributed by atoms with van der Waals surface area (Å²) < 4.78 is 0.635. The van der Waals surface area contributed by atoms with Gasteiger partial charge in [-0.3, -0.25) is 10.1 Å². The Morgan fingerprint density at radius 1 is 1.50 bits per heavy atom. The van der Waals surface area contributed by atoms with Crippen molar-refractivity contribution in [1.82, 2.24) is 4.98 Å². The predicted octanol–water partition coefficient (Wildman–Crippen LogP) is 3.38. The molecule has 1 fully saturated rings. The van der Waals surface area contributed by atoms with Crippen LogP contribution in [0.15, 0.2) is 16.7 Å². The molecule has 18 heavy (non-hydrogen) atoms. The Bertz CT molecular complexity index is 467. The minimum absolute atomic E-state index is 0.0744. The fraction of sp³-hybridized carbons (Fsp3) is 0.583. The second-order valence-corrected chi connectivity index (χ2v) is 5.85. The van der Waals surface area contributed by atoms with Crippen LogP contribution in [0.2, 0.25) is 0 Å². The van der Waals surface area contributed by atoms with E-state index in [1.807, 2.05) is 0 Å². The van der Waals surface area contributed by atoms with Gasteiger partial charge in [-0.1, -0.05) is 6.92 Å². The van der Waals surface area contributed by atoms with E-state index in [0.29, 0.717) is 22.3 Å². The molecule has 1 saturated heterocycles. The van der Waals surface area contributed by atoms with E-state index < -0.39 is 0 Å². The molecular formula is C12H16BrN3O2. The zero-order valence-corrected chi connectivity index (χ0v) is 12.1. The van der Waals surface area contributed by atoms with Gasteiger partial charge >= 0.3 is 5.69 Å². The number of pyridine rings is 1. The third kappa shape index (κ3) is 2.63. The highest BCUT2D eigenvalue weighted by Crippen LogP contribution is 2.33. The molecule has 0 bridgehead atoms. The van der Waals surface area contributed by atoms with Crippen LogP contribution in [0, 0.1) is 16.0 Å². The van der Waals surface area contributed by atoms with Crippen molar-refractivity contribution in [3.63, 3.8) is 0 Å². The van der Waals surface area contributed by atoms with E-state index in [2.05, 4.69) is 39.7 Å². The standard InChI is InChI=1S/C12H16BrN3O2/c1-8-3-4-9(2)15(7-8)12-11(16(17)18)5-10(13)6-14-12/h5-6,8-9H,3-4,7H2,1-2H3. The summed E-state index contributed by atoms with van der Waals surface area (Å²) in [4.78, 5) is 17.1. The van der Waals surface area contributed by atoms with Crippen molar-refractivity contribution < 1.29 is 4.92 Å². The fourth-order valence-electron chi connectivity index (χ4n) is 2.36. The maximum absolute atomic E-state index is 11.1. The highest BCUT2D eigenvalue weighted by atomic mass is 79.9. The van der Waals surface area contributed by atoms with Gasteiger partial charge in [0.05, 0.1) is 4.92 Å². The molecule has 98 valence electrons. The zero-order chi connectivity index (χ0) is 13.3. The van der Waals surface area contributed by atoms with Gasteiger partial charge in [0.25, 0.3) is 0 Å². The Balaban J connectivity index is 2.40. The maximum atomic E-state index is 11.1. The van der Waals surface area contributed by atoms with E-state index in [4.69, 9.17) is 0 Å². The number of hydrogen-bond acceptors (Lipinski definition) is 4. The Hall–Kier alpha value is -1.17. The van der Waals surface area contributed by atoms with Crippen LogP contribution >= 0.6 is 15.9 Å². The predicted molar refractivity (Wildman–Crippen MR) is 73.8 cm³/mol. The smallest absolute Gasteiger partial charge is 0.312 e. The monoisotopic (exact) mass is 313 g/mol. The summed E-state index contributed by atoms with van der Waals surface area (Å²) in [6.45, 7) is 5.10. The second-order valence-electron chi connectivity index (χ2n) is 4.94. The zero-order valence-electron chi connectivity index (χ0n) is 10.5. The molecule has 1 aromatic rings. The molecule has 1 aromatic heterocycles. The maximum Gasteiger partial charge on any atom is 0.312 e. The van der Waals surface area contributed by atoms with Crippen LogP contribution in [0.4, 0.5) is 11.5 Å². The molecule has 5 nitrogen and oxygen atoms in total. The van der Waals surface area contributed by atoms with Crippen molar-refractivity contribution in [2.75, 3.05) is 11.4 Å². The van der Waals surface area contributed by atoms with Crippen molar-refractivity contribution in [3.8, 4) is 0 Å². The molecule has 0 amide bonds. The molecule has 2 unspecified atom stereocenters. The number of anilines is 1. The van der Waals surface area contributed by atoms with Crippen molar-refractivity contribution in [2.24, 2.45) is 5.92 Å². The van der Waals surface area contributed by atoms with Crippen molar-refractivity contribution in [2.45, 2.75) is 32.7 Å². The van der Waals surface area contributed by atoms with Gasteiger partial charge < -0.3 is 4.90 Å². The van der Waals surface area contributed by atoms with Crippen LogP contribution in [0.3, 0.4) is 0 Å². The number of piperidine rings is 1. The SMILES string of the molecule is CC1CCC(C)N(c2ncc(Br)cc2[N+](=O)[O-])C1. The first-order valence-electron chi connectivity index (χ1n) is 6.05. The number of nitro groups is 1. The second kappa shape index (κ2) is 5.22. The average Bonchev–Trinajstić information content (AvgIpc) is 2.32. The highest BCUT2D eigenvalue weighted by molar-refractivity contribution is 9.10. The van der Waals surface area contributed by atoms with Gasteiger partial charge in [-0.05, 0) is 41.6 Å². The van der Waals surface area contributed by atoms with E-state index in [1.54, 1.807) is 6.20 Å². The molecule has 0 saturated carbocycles. The number of hydrogen-bond donors (Lipinski definition) is 0. The van der Waals surface area contributed by atoms with Crippen LogP contribution < -0.4 is 4.90 Å². The number of rotatable bonds is 2. The van der Waals surface area contributed by atoms with Gasteiger partial charge in [-0.25, -0.2) is 4.98 Å². The molecular weight excluding hydrogens is 298 g/mol.